The number of carbonyl (C=O) groups is 1. The Morgan fingerprint density at radius 3 is 3.00 bits per heavy atom. The van der Waals surface area contributed by atoms with Crippen LogP contribution in [0.25, 0.3) is 0 Å². The highest BCUT2D eigenvalue weighted by molar-refractivity contribution is 8.01. The molecule has 0 atom stereocenters. The van der Waals surface area contributed by atoms with Gasteiger partial charge in [-0.25, -0.2) is 9.37 Å². The molecule has 0 aliphatic rings. The third-order valence-corrected chi connectivity index (χ3v) is 4.21. The number of aryl methyl sites for hydroxylation is 1. The van der Waals surface area contributed by atoms with E-state index in [4.69, 9.17) is 0 Å². The van der Waals surface area contributed by atoms with Gasteiger partial charge in [0.2, 0.25) is 0 Å². The molecular weight excluding hydrogens is 257 g/mol. The maximum atomic E-state index is 12.9. The van der Waals surface area contributed by atoms with Gasteiger partial charge >= 0.3 is 0 Å². The molecule has 17 heavy (non-hydrogen) atoms. The molecule has 1 aromatic heterocycles. The fourth-order valence-electron chi connectivity index (χ4n) is 1.27. The third kappa shape index (κ3) is 3.38. The van der Waals surface area contributed by atoms with E-state index in [1.807, 2.05) is 12.3 Å². The molecule has 0 aliphatic heterocycles. The van der Waals surface area contributed by atoms with E-state index in [1.54, 1.807) is 12.1 Å². The summed E-state index contributed by atoms with van der Waals surface area (Å²) in [5, 5.41) is 1.94. The van der Waals surface area contributed by atoms with Gasteiger partial charge in [-0.15, -0.1) is 11.3 Å². The fraction of sp³-hybridized carbons (Fsp3) is 0.167. The number of aromatic nitrogens is 1. The number of hydrogen-bond donors (Lipinski definition) is 0. The molecule has 0 saturated heterocycles. The molecule has 0 radical (unpaired) electrons. The van der Waals surface area contributed by atoms with Gasteiger partial charge in [-0.05, 0) is 19.1 Å². The highest BCUT2D eigenvalue weighted by Crippen LogP contribution is 2.23. The summed E-state index contributed by atoms with van der Waals surface area (Å²) in [6, 6.07) is 5.75. The molecule has 5 heteroatoms. The standard InChI is InChI=1S/C12H10FNOS2/c1-8-6-16-12(14-8)17-7-11(15)9-3-2-4-10(13)5-9/h2-6H,7H2,1H3. The predicted octanol–water partition coefficient (Wildman–Crippen LogP) is 3.57. The molecule has 2 rings (SSSR count). The first-order chi connectivity index (χ1) is 8.15. The largest absolute Gasteiger partial charge is 0.293 e. The first kappa shape index (κ1) is 12.3. The van der Waals surface area contributed by atoms with Crippen LogP contribution in [0.4, 0.5) is 4.39 Å². The average Bonchev–Trinajstić information content (AvgIpc) is 2.72. The highest BCUT2D eigenvalue weighted by Gasteiger charge is 2.08. The Labute approximate surface area is 107 Å². The van der Waals surface area contributed by atoms with Crippen molar-refractivity contribution in [1.82, 2.24) is 4.98 Å². The molecule has 2 nitrogen and oxygen atoms in total. The van der Waals surface area contributed by atoms with E-state index in [9.17, 15) is 9.18 Å². The van der Waals surface area contributed by atoms with Gasteiger partial charge < -0.3 is 0 Å². The normalized spacial score (nSPS) is 10.5. The van der Waals surface area contributed by atoms with Crippen LogP contribution >= 0.6 is 23.1 Å². The maximum absolute atomic E-state index is 12.9. The van der Waals surface area contributed by atoms with Gasteiger partial charge in [-0.1, -0.05) is 23.9 Å². The van der Waals surface area contributed by atoms with Gasteiger partial charge in [0.05, 0.1) is 5.75 Å². The van der Waals surface area contributed by atoms with Gasteiger partial charge in [0, 0.05) is 16.6 Å². The molecule has 1 heterocycles. The van der Waals surface area contributed by atoms with Gasteiger partial charge in [0.1, 0.15) is 5.82 Å². The van der Waals surface area contributed by atoms with Crippen molar-refractivity contribution in [2.24, 2.45) is 0 Å². The lowest BCUT2D eigenvalue weighted by Crippen LogP contribution is -2.02. The summed E-state index contributed by atoms with van der Waals surface area (Å²) in [5.41, 5.74) is 1.36. The molecule has 0 aliphatic carbocycles. The van der Waals surface area contributed by atoms with Gasteiger partial charge in [0.25, 0.3) is 0 Å². The fourth-order valence-corrected chi connectivity index (χ4v) is 3.02. The van der Waals surface area contributed by atoms with Gasteiger partial charge in [-0.3, -0.25) is 4.79 Å². The summed E-state index contributed by atoms with van der Waals surface area (Å²) >= 11 is 2.90. The Hall–Kier alpha value is -1.20. The maximum Gasteiger partial charge on any atom is 0.173 e. The van der Waals surface area contributed by atoms with Crippen molar-refractivity contribution in [1.29, 1.82) is 0 Å². The van der Waals surface area contributed by atoms with Gasteiger partial charge in [-0.2, -0.15) is 0 Å². The van der Waals surface area contributed by atoms with Crippen molar-refractivity contribution in [3.8, 4) is 0 Å². The van der Waals surface area contributed by atoms with E-state index in [-0.39, 0.29) is 17.4 Å². The number of ketones is 1. The Bertz CT molecular complexity index is 539. The minimum Gasteiger partial charge on any atom is -0.293 e. The number of carbonyl (C=O) groups excluding carboxylic acids is 1. The Morgan fingerprint density at radius 1 is 1.53 bits per heavy atom. The number of rotatable bonds is 4. The number of hydrogen-bond acceptors (Lipinski definition) is 4. The summed E-state index contributed by atoms with van der Waals surface area (Å²) in [5.74, 6) is -0.176. The molecule has 0 unspecified atom stereocenters. The number of thioether (sulfide) groups is 1. The minimum absolute atomic E-state index is 0.0812. The molecule has 0 N–H and O–H groups in total. The van der Waals surface area contributed by atoms with Crippen molar-refractivity contribution in [3.05, 3.63) is 46.7 Å². The quantitative estimate of drug-likeness (QED) is 0.626. The smallest absolute Gasteiger partial charge is 0.173 e. The average molecular weight is 267 g/mol. The lowest BCUT2D eigenvalue weighted by atomic mass is 10.1. The summed E-state index contributed by atoms with van der Waals surface area (Å²) in [6.45, 7) is 1.91. The Kier molecular flexibility index (Phi) is 3.91. The highest BCUT2D eigenvalue weighted by atomic mass is 32.2. The number of halogens is 1. The zero-order valence-electron chi connectivity index (χ0n) is 9.14. The lowest BCUT2D eigenvalue weighted by Gasteiger charge is -1.99. The molecule has 0 saturated carbocycles. The van der Waals surface area contributed by atoms with Crippen molar-refractivity contribution in [2.75, 3.05) is 5.75 Å². The van der Waals surface area contributed by atoms with E-state index in [0.29, 0.717) is 5.56 Å². The van der Waals surface area contributed by atoms with Crippen LogP contribution in [0.5, 0.6) is 0 Å². The molecular formula is C12H10FNOS2. The van der Waals surface area contributed by atoms with Crippen molar-refractivity contribution < 1.29 is 9.18 Å². The second-order valence-electron chi connectivity index (χ2n) is 3.48. The summed E-state index contributed by atoms with van der Waals surface area (Å²) < 4.78 is 13.8. The van der Waals surface area contributed by atoms with E-state index in [1.165, 1.54) is 35.2 Å². The molecule has 0 bridgehead atoms. The van der Waals surface area contributed by atoms with Crippen LogP contribution in [-0.2, 0) is 0 Å². The van der Waals surface area contributed by atoms with Crippen LogP contribution < -0.4 is 0 Å². The first-order valence-corrected chi connectivity index (χ1v) is 6.85. The van der Waals surface area contributed by atoms with Crippen LogP contribution in [-0.4, -0.2) is 16.5 Å². The van der Waals surface area contributed by atoms with E-state index < -0.39 is 0 Å². The van der Waals surface area contributed by atoms with E-state index >= 15 is 0 Å². The second kappa shape index (κ2) is 5.42. The Balaban J connectivity index is 1.98. The van der Waals surface area contributed by atoms with Crippen LogP contribution in [0.2, 0.25) is 0 Å². The zero-order chi connectivity index (χ0) is 12.3. The van der Waals surface area contributed by atoms with E-state index in [2.05, 4.69) is 4.98 Å². The number of benzene rings is 1. The number of thiazole rings is 1. The second-order valence-corrected chi connectivity index (χ2v) is 5.56. The Morgan fingerprint density at radius 2 is 2.35 bits per heavy atom. The van der Waals surface area contributed by atoms with Crippen LogP contribution in [0.15, 0.2) is 34.0 Å². The molecule has 0 spiro atoms. The van der Waals surface area contributed by atoms with Gasteiger partial charge in [0.15, 0.2) is 10.1 Å². The van der Waals surface area contributed by atoms with Crippen LogP contribution in [0.3, 0.4) is 0 Å². The third-order valence-electron chi connectivity index (χ3n) is 2.07. The monoisotopic (exact) mass is 267 g/mol. The molecule has 0 fully saturated rings. The van der Waals surface area contributed by atoms with Crippen molar-refractivity contribution in [3.63, 3.8) is 0 Å². The van der Waals surface area contributed by atoms with E-state index in [0.717, 1.165) is 10.0 Å². The zero-order valence-corrected chi connectivity index (χ0v) is 10.8. The number of nitrogens with zero attached hydrogens (tertiary/aromatic N) is 1. The summed E-state index contributed by atoms with van der Waals surface area (Å²) in [4.78, 5) is 16.0. The summed E-state index contributed by atoms with van der Waals surface area (Å²) in [6.07, 6.45) is 0. The SMILES string of the molecule is Cc1csc(SCC(=O)c2cccc(F)c2)n1. The predicted molar refractivity (Wildman–Crippen MR) is 68.3 cm³/mol. The topological polar surface area (TPSA) is 30.0 Å². The van der Waals surface area contributed by atoms with Crippen molar-refractivity contribution in [2.45, 2.75) is 11.3 Å². The number of Topliss-reactive ketones (excluding diaryl/α,β-unsaturated/α-hetero) is 1. The molecule has 2 aromatic rings. The van der Waals surface area contributed by atoms with Crippen molar-refractivity contribution >= 4 is 28.9 Å². The molecule has 1 aromatic carbocycles. The van der Waals surface area contributed by atoms with Crippen LogP contribution in [0, 0.1) is 12.7 Å². The molecule has 88 valence electrons. The lowest BCUT2D eigenvalue weighted by molar-refractivity contribution is 0.102. The minimum atomic E-state index is -0.383. The molecule has 0 amide bonds. The van der Waals surface area contributed by atoms with Crippen LogP contribution in [0.1, 0.15) is 16.1 Å². The first-order valence-electron chi connectivity index (χ1n) is 4.99. The summed E-state index contributed by atoms with van der Waals surface area (Å²) in [7, 11) is 0.